The van der Waals surface area contributed by atoms with E-state index in [4.69, 9.17) is 0 Å². The van der Waals surface area contributed by atoms with Crippen LogP contribution in [0.15, 0.2) is 12.1 Å². The number of amides is 1. The second-order valence-electron chi connectivity index (χ2n) is 5.17. The number of carbonyl (C=O) groups is 1. The molecule has 3 N–H and O–H groups in total. The fourth-order valence-electron chi connectivity index (χ4n) is 2.05. The van der Waals surface area contributed by atoms with E-state index < -0.39 is 17.7 Å². The van der Waals surface area contributed by atoms with E-state index in [1.807, 2.05) is 0 Å². The number of benzene rings is 1. The van der Waals surface area contributed by atoms with Gasteiger partial charge in [-0.25, -0.2) is 14.2 Å². The maximum atomic E-state index is 13.4. The second kappa shape index (κ2) is 6.31. The quantitative estimate of drug-likeness (QED) is 0.545. The Balaban J connectivity index is 2.02. The molecule has 2 atom stereocenters. The minimum Gasteiger partial charge on any atom is -0.324 e. The van der Waals surface area contributed by atoms with Crippen molar-refractivity contribution in [3.8, 4) is 0 Å². The Bertz CT molecular complexity index is 501. The van der Waals surface area contributed by atoms with Crippen LogP contribution in [-0.4, -0.2) is 18.0 Å². The number of rotatable bonds is 3. The summed E-state index contributed by atoms with van der Waals surface area (Å²) in [6.45, 7) is 4.12. The fourth-order valence-corrected chi connectivity index (χ4v) is 2.36. The smallest absolute Gasteiger partial charge is 0.242 e. The molecule has 7 heteroatoms. The maximum Gasteiger partial charge on any atom is 0.242 e. The number of nitrogens with one attached hydrogen (secondary N) is 3. The van der Waals surface area contributed by atoms with Gasteiger partial charge in [0, 0.05) is 11.7 Å². The monoisotopic (exact) mass is 395 g/mol. The van der Waals surface area contributed by atoms with Gasteiger partial charge in [0.2, 0.25) is 5.91 Å². The van der Waals surface area contributed by atoms with Gasteiger partial charge >= 0.3 is 0 Å². The Morgan fingerprint density at radius 2 is 1.95 bits per heavy atom. The van der Waals surface area contributed by atoms with Crippen molar-refractivity contribution < 1.29 is 13.6 Å². The molecule has 1 amide bonds. The molecule has 0 saturated carbocycles. The highest BCUT2D eigenvalue weighted by Crippen LogP contribution is 2.21. The Morgan fingerprint density at radius 1 is 1.35 bits per heavy atom. The molecule has 1 saturated heterocycles. The lowest BCUT2D eigenvalue weighted by Gasteiger charge is -2.13. The molecule has 1 fully saturated rings. The third kappa shape index (κ3) is 3.44. The summed E-state index contributed by atoms with van der Waals surface area (Å²) in [5.41, 5.74) is 6.07. The van der Waals surface area contributed by atoms with Gasteiger partial charge in [0.1, 0.15) is 17.7 Å². The highest BCUT2D eigenvalue weighted by Gasteiger charge is 2.30. The van der Waals surface area contributed by atoms with Crippen molar-refractivity contribution >= 4 is 34.2 Å². The van der Waals surface area contributed by atoms with Crippen LogP contribution in [0.5, 0.6) is 0 Å². The summed E-state index contributed by atoms with van der Waals surface area (Å²) < 4.78 is 26.7. The van der Waals surface area contributed by atoms with E-state index >= 15 is 0 Å². The van der Waals surface area contributed by atoms with Gasteiger partial charge in [0.15, 0.2) is 0 Å². The predicted octanol–water partition coefficient (Wildman–Crippen LogP) is 2.40. The minimum atomic E-state index is -0.682. The van der Waals surface area contributed by atoms with Crippen molar-refractivity contribution in [1.82, 2.24) is 10.9 Å². The van der Waals surface area contributed by atoms with Crippen molar-refractivity contribution in [2.45, 2.75) is 32.4 Å². The molecular weight excluding hydrogens is 379 g/mol. The molecule has 0 spiro atoms. The van der Waals surface area contributed by atoms with Crippen molar-refractivity contribution in [1.29, 1.82) is 0 Å². The first kappa shape index (κ1) is 15.6. The molecule has 1 aromatic rings. The van der Waals surface area contributed by atoms with Gasteiger partial charge in [0.25, 0.3) is 0 Å². The van der Waals surface area contributed by atoms with E-state index in [-0.39, 0.29) is 21.2 Å². The fraction of sp³-hybridized carbons (Fsp3) is 0.462. The van der Waals surface area contributed by atoms with E-state index in [0.29, 0.717) is 12.3 Å². The van der Waals surface area contributed by atoms with Crippen LogP contribution in [0.1, 0.15) is 20.3 Å². The highest BCUT2D eigenvalue weighted by molar-refractivity contribution is 14.1. The summed E-state index contributed by atoms with van der Waals surface area (Å²) in [6.07, 6.45) is 0.638. The van der Waals surface area contributed by atoms with Gasteiger partial charge in [-0.3, -0.25) is 10.2 Å². The van der Waals surface area contributed by atoms with Crippen LogP contribution in [0.2, 0.25) is 0 Å². The average molecular weight is 395 g/mol. The Kier molecular flexibility index (Phi) is 4.92. The number of hydrazine groups is 1. The van der Waals surface area contributed by atoms with E-state index in [2.05, 4.69) is 30.0 Å². The van der Waals surface area contributed by atoms with Crippen LogP contribution < -0.4 is 16.2 Å². The first-order valence-corrected chi connectivity index (χ1v) is 7.43. The van der Waals surface area contributed by atoms with Gasteiger partial charge in [0.05, 0.1) is 3.57 Å². The van der Waals surface area contributed by atoms with Crippen molar-refractivity contribution in [3.05, 3.63) is 27.3 Å². The zero-order chi connectivity index (χ0) is 14.9. The van der Waals surface area contributed by atoms with E-state index in [9.17, 15) is 13.6 Å². The molecule has 20 heavy (non-hydrogen) atoms. The molecule has 0 aliphatic carbocycles. The third-order valence-electron chi connectivity index (χ3n) is 3.31. The number of halogens is 3. The number of hydrogen-bond acceptors (Lipinski definition) is 3. The zero-order valence-corrected chi connectivity index (χ0v) is 13.3. The van der Waals surface area contributed by atoms with Gasteiger partial charge in [-0.2, -0.15) is 0 Å². The van der Waals surface area contributed by atoms with Crippen molar-refractivity contribution in [2.75, 3.05) is 5.32 Å². The topological polar surface area (TPSA) is 53.2 Å². The molecule has 110 valence electrons. The molecular formula is C13H16F2IN3O. The van der Waals surface area contributed by atoms with E-state index in [1.54, 1.807) is 22.6 Å². The lowest BCUT2D eigenvalue weighted by Crippen LogP contribution is -2.40. The number of hydrogen-bond donors (Lipinski definition) is 3. The summed E-state index contributed by atoms with van der Waals surface area (Å²) >= 11 is 1.58. The number of carbonyl (C=O) groups excluding carboxylic acids is 1. The Labute approximate surface area is 129 Å². The second-order valence-corrected chi connectivity index (χ2v) is 6.25. The molecule has 0 bridgehead atoms. The van der Waals surface area contributed by atoms with Crippen molar-refractivity contribution in [3.63, 3.8) is 0 Å². The first-order chi connectivity index (χ1) is 9.38. The van der Waals surface area contributed by atoms with Gasteiger partial charge in [-0.05, 0) is 47.1 Å². The van der Waals surface area contributed by atoms with Crippen LogP contribution in [0.25, 0.3) is 0 Å². The average Bonchev–Trinajstić information content (AvgIpc) is 2.85. The molecule has 2 unspecified atom stereocenters. The molecule has 0 radical (unpaired) electrons. The van der Waals surface area contributed by atoms with E-state index in [0.717, 1.165) is 12.1 Å². The van der Waals surface area contributed by atoms with Gasteiger partial charge in [-0.1, -0.05) is 13.8 Å². The third-order valence-corrected chi connectivity index (χ3v) is 4.34. The first-order valence-electron chi connectivity index (χ1n) is 6.35. The molecule has 1 aromatic carbocycles. The molecule has 0 aromatic heterocycles. The lowest BCUT2D eigenvalue weighted by molar-refractivity contribution is -0.117. The van der Waals surface area contributed by atoms with Crippen LogP contribution in [0.3, 0.4) is 0 Å². The van der Waals surface area contributed by atoms with Gasteiger partial charge in [-0.15, -0.1) is 0 Å². The summed E-state index contributed by atoms with van der Waals surface area (Å²) in [5, 5.41) is 2.53. The highest BCUT2D eigenvalue weighted by atomic mass is 127. The Morgan fingerprint density at radius 3 is 2.45 bits per heavy atom. The lowest BCUT2D eigenvalue weighted by atomic mass is 9.99. The summed E-state index contributed by atoms with van der Waals surface area (Å²) in [4.78, 5) is 12.0. The SMILES string of the molecule is CC(C)C1CC(C(=O)Nc2cc(F)c(I)c(F)c2)NN1. The molecule has 1 aliphatic heterocycles. The minimum absolute atomic E-state index is 0.0823. The summed E-state index contributed by atoms with van der Waals surface area (Å²) in [7, 11) is 0. The van der Waals surface area contributed by atoms with Gasteiger partial charge < -0.3 is 5.32 Å². The molecule has 2 rings (SSSR count). The zero-order valence-electron chi connectivity index (χ0n) is 11.1. The summed E-state index contributed by atoms with van der Waals surface area (Å²) in [5.74, 6) is -1.27. The van der Waals surface area contributed by atoms with Crippen LogP contribution in [0.4, 0.5) is 14.5 Å². The summed E-state index contributed by atoms with van der Waals surface area (Å²) in [6, 6.07) is 2.03. The molecule has 4 nitrogen and oxygen atoms in total. The van der Waals surface area contributed by atoms with Crippen LogP contribution in [-0.2, 0) is 4.79 Å². The maximum absolute atomic E-state index is 13.4. The predicted molar refractivity (Wildman–Crippen MR) is 81.0 cm³/mol. The molecule has 1 heterocycles. The standard InChI is InChI=1S/C13H16F2IN3O/c1-6(2)10-5-11(19-18-10)13(20)17-7-3-8(14)12(16)9(15)4-7/h3-4,6,10-11,18-19H,5H2,1-2H3,(H,17,20). The largest absolute Gasteiger partial charge is 0.324 e. The molecule has 1 aliphatic rings. The number of anilines is 1. The van der Waals surface area contributed by atoms with E-state index in [1.165, 1.54) is 0 Å². The van der Waals surface area contributed by atoms with Crippen LogP contribution >= 0.6 is 22.6 Å². The van der Waals surface area contributed by atoms with Crippen molar-refractivity contribution in [2.24, 2.45) is 5.92 Å². The van der Waals surface area contributed by atoms with Crippen LogP contribution in [0, 0.1) is 21.1 Å². The normalized spacial score (nSPS) is 22.3. The Hall–Kier alpha value is -0.800.